The highest BCUT2D eigenvalue weighted by Gasteiger charge is 2.11. The van der Waals surface area contributed by atoms with E-state index < -0.39 is 5.95 Å². The summed E-state index contributed by atoms with van der Waals surface area (Å²) in [6.07, 6.45) is 3.60. The highest BCUT2D eigenvalue weighted by Crippen LogP contribution is 2.20. The van der Waals surface area contributed by atoms with Crippen molar-refractivity contribution in [1.82, 2.24) is 4.98 Å². The molecule has 1 aromatic rings. The summed E-state index contributed by atoms with van der Waals surface area (Å²) in [4.78, 5) is 3.55. The normalized spacial score (nSPS) is 10.9. The van der Waals surface area contributed by atoms with E-state index in [0.717, 1.165) is 4.47 Å². The average molecular weight is 318 g/mol. The summed E-state index contributed by atoms with van der Waals surface area (Å²) in [5.74, 6) is -0.516. The molecular formula is C9H12BrCl2FN2. The second-order valence-electron chi connectivity index (χ2n) is 2.66. The van der Waals surface area contributed by atoms with Gasteiger partial charge in [0.15, 0.2) is 0 Å². The summed E-state index contributed by atoms with van der Waals surface area (Å²) in [5.41, 5.74) is 6.11. The summed E-state index contributed by atoms with van der Waals surface area (Å²) >= 11 is 3.21. The van der Waals surface area contributed by atoms with E-state index in [1.165, 1.54) is 6.20 Å². The molecule has 1 aromatic heterocycles. The highest BCUT2D eigenvalue weighted by molar-refractivity contribution is 9.10. The first-order chi connectivity index (χ1) is 6.15. The predicted molar refractivity (Wildman–Crippen MR) is 68.1 cm³/mol. The molecule has 1 rings (SSSR count). The number of pyridine rings is 1. The van der Waals surface area contributed by atoms with Crippen LogP contribution in [-0.2, 0) is 0 Å². The summed E-state index contributed by atoms with van der Waals surface area (Å²) in [5, 5.41) is 0. The fourth-order valence-corrected chi connectivity index (χ4v) is 1.35. The van der Waals surface area contributed by atoms with E-state index >= 15 is 0 Å². The van der Waals surface area contributed by atoms with Crippen LogP contribution in [0.2, 0.25) is 0 Å². The minimum atomic E-state index is -0.516. The van der Waals surface area contributed by atoms with Crippen LogP contribution in [0.5, 0.6) is 0 Å². The Kier molecular flexibility index (Phi) is 9.25. The van der Waals surface area contributed by atoms with Crippen molar-refractivity contribution >= 4 is 40.7 Å². The Hall–Kier alpha value is -0.160. The van der Waals surface area contributed by atoms with Gasteiger partial charge in [0, 0.05) is 22.3 Å². The van der Waals surface area contributed by atoms with Crippen LogP contribution in [0.3, 0.4) is 0 Å². The minimum Gasteiger partial charge on any atom is -0.324 e. The van der Waals surface area contributed by atoms with Crippen LogP contribution >= 0.6 is 40.7 Å². The molecule has 15 heavy (non-hydrogen) atoms. The SMILES string of the molecule is C=CC[C@H](N)c1cc(Br)cnc1F.Cl.Cl. The largest absolute Gasteiger partial charge is 0.324 e. The fraction of sp³-hybridized carbons (Fsp3) is 0.222. The van der Waals surface area contributed by atoms with E-state index in [-0.39, 0.29) is 30.9 Å². The summed E-state index contributed by atoms with van der Waals surface area (Å²) in [6, 6.07) is 1.26. The molecule has 0 aliphatic rings. The van der Waals surface area contributed by atoms with Crippen molar-refractivity contribution in [3.63, 3.8) is 0 Å². The molecule has 0 fully saturated rings. The van der Waals surface area contributed by atoms with Crippen molar-refractivity contribution in [2.45, 2.75) is 12.5 Å². The molecule has 0 aliphatic carbocycles. The number of halogens is 4. The lowest BCUT2D eigenvalue weighted by Crippen LogP contribution is -2.11. The summed E-state index contributed by atoms with van der Waals surface area (Å²) in [7, 11) is 0. The zero-order valence-corrected chi connectivity index (χ0v) is 11.0. The topological polar surface area (TPSA) is 38.9 Å². The van der Waals surface area contributed by atoms with Crippen LogP contribution in [0.1, 0.15) is 18.0 Å². The average Bonchev–Trinajstić information content (AvgIpc) is 2.09. The molecule has 2 nitrogen and oxygen atoms in total. The van der Waals surface area contributed by atoms with Gasteiger partial charge >= 0.3 is 0 Å². The van der Waals surface area contributed by atoms with E-state index in [0.29, 0.717) is 12.0 Å². The molecule has 0 aliphatic heterocycles. The molecule has 0 bridgehead atoms. The van der Waals surface area contributed by atoms with Crippen molar-refractivity contribution in [3.8, 4) is 0 Å². The maximum Gasteiger partial charge on any atom is 0.217 e. The van der Waals surface area contributed by atoms with E-state index in [4.69, 9.17) is 5.73 Å². The monoisotopic (exact) mass is 316 g/mol. The van der Waals surface area contributed by atoms with Gasteiger partial charge in [-0.2, -0.15) is 4.39 Å². The molecule has 0 spiro atoms. The van der Waals surface area contributed by atoms with Crippen molar-refractivity contribution in [2.75, 3.05) is 0 Å². The van der Waals surface area contributed by atoms with Gasteiger partial charge in [-0.05, 0) is 28.4 Å². The molecule has 2 N–H and O–H groups in total. The van der Waals surface area contributed by atoms with Gasteiger partial charge in [0.2, 0.25) is 5.95 Å². The Morgan fingerprint density at radius 2 is 2.20 bits per heavy atom. The lowest BCUT2D eigenvalue weighted by Gasteiger charge is -2.09. The van der Waals surface area contributed by atoms with Crippen LogP contribution in [0.25, 0.3) is 0 Å². The van der Waals surface area contributed by atoms with Gasteiger partial charge in [-0.25, -0.2) is 4.98 Å². The first-order valence-corrected chi connectivity index (χ1v) is 4.62. The molecular weight excluding hydrogens is 306 g/mol. The predicted octanol–water partition coefficient (Wildman–Crippen LogP) is 3.40. The molecule has 1 heterocycles. The van der Waals surface area contributed by atoms with Crippen LogP contribution in [0, 0.1) is 5.95 Å². The van der Waals surface area contributed by atoms with Crippen LogP contribution < -0.4 is 5.73 Å². The molecule has 1 atom stereocenters. The number of aromatic nitrogens is 1. The van der Waals surface area contributed by atoms with Crippen molar-refractivity contribution in [3.05, 3.63) is 40.9 Å². The van der Waals surface area contributed by atoms with Crippen LogP contribution in [-0.4, -0.2) is 4.98 Å². The zero-order chi connectivity index (χ0) is 9.84. The fourth-order valence-electron chi connectivity index (χ4n) is 1.00. The van der Waals surface area contributed by atoms with E-state index in [1.54, 1.807) is 12.1 Å². The highest BCUT2D eigenvalue weighted by atomic mass is 79.9. The molecule has 0 saturated heterocycles. The minimum absolute atomic E-state index is 0. The third-order valence-corrected chi connectivity index (χ3v) is 2.09. The lowest BCUT2D eigenvalue weighted by molar-refractivity contribution is 0.545. The standard InChI is InChI=1S/C9H10BrFN2.2ClH/c1-2-3-8(12)7-4-6(10)5-13-9(7)11;;/h2,4-5,8H,1,3,12H2;2*1H/t8-;;/m0../s1. The maximum absolute atomic E-state index is 13.1. The maximum atomic E-state index is 13.1. The Balaban J connectivity index is 0. The van der Waals surface area contributed by atoms with E-state index in [1.807, 2.05) is 0 Å². The quantitative estimate of drug-likeness (QED) is 0.685. The van der Waals surface area contributed by atoms with E-state index in [9.17, 15) is 4.39 Å². The zero-order valence-electron chi connectivity index (χ0n) is 7.82. The van der Waals surface area contributed by atoms with Crippen molar-refractivity contribution < 1.29 is 4.39 Å². The molecule has 0 aromatic carbocycles. The van der Waals surface area contributed by atoms with Gasteiger partial charge in [0.05, 0.1) is 0 Å². The third-order valence-electron chi connectivity index (χ3n) is 1.65. The molecule has 0 radical (unpaired) electrons. The molecule has 6 heteroatoms. The van der Waals surface area contributed by atoms with Crippen molar-refractivity contribution in [1.29, 1.82) is 0 Å². The number of nitrogens with zero attached hydrogens (tertiary/aromatic N) is 1. The third kappa shape index (κ3) is 4.93. The van der Waals surface area contributed by atoms with Gasteiger partial charge in [-0.1, -0.05) is 6.08 Å². The number of rotatable bonds is 3. The smallest absolute Gasteiger partial charge is 0.217 e. The Bertz CT molecular complexity index is 323. The first-order valence-electron chi connectivity index (χ1n) is 3.82. The molecule has 0 amide bonds. The molecule has 86 valence electrons. The number of nitrogens with two attached hydrogens (primary N) is 1. The van der Waals surface area contributed by atoms with Gasteiger partial charge < -0.3 is 5.73 Å². The first kappa shape index (κ1) is 17.2. The summed E-state index contributed by atoms with van der Waals surface area (Å²) < 4.78 is 13.8. The van der Waals surface area contributed by atoms with Gasteiger partial charge in [-0.15, -0.1) is 31.4 Å². The Morgan fingerprint density at radius 3 is 2.73 bits per heavy atom. The van der Waals surface area contributed by atoms with Gasteiger partial charge in [0.25, 0.3) is 0 Å². The molecule has 0 unspecified atom stereocenters. The van der Waals surface area contributed by atoms with Gasteiger partial charge in [0.1, 0.15) is 0 Å². The van der Waals surface area contributed by atoms with E-state index in [2.05, 4.69) is 27.5 Å². The Labute approximate surface area is 109 Å². The number of hydrogen-bond acceptors (Lipinski definition) is 2. The Morgan fingerprint density at radius 1 is 1.60 bits per heavy atom. The van der Waals surface area contributed by atoms with Crippen molar-refractivity contribution in [2.24, 2.45) is 5.73 Å². The van der Waals surface area contributed by atoms with Crippen LogP contribution in [0.4, 0.5) is 4.39 Å². The summed E-state index contributed by atoms with van der Waals surface area (Å²) in [6.45, 7) is 3.54. The lowest BCUT2D eigenvalue weighted by atomic mass is 10.1. The second kappa shape index (κ2) is 8.05. The molecule has 0 saturated carbocycles. The second-order valence-corrected chi connectivity index (χ2v) is 3.58. The van der Waals surface area contributed by atoms with Crippen LogP contribution in [0.15, 0.2) is 29.4 Å². The number of hydrogen-bond donors (Lipinski definition) is 1. The van der Waals surface area contributed by atoms with Gasteiger partial charge in [-0.3, -0.25) is 0 Å².